The molecule has 2 unspecified atom stereocenters. The van der Waals surface area contributed by atoms with E-state index >= 15 is 0 Å². The monoisotopic (exact) mass is 598 g/mol. The van der Waals surface area contributed by atoms with Gasteiger partial charge in [-0.15, -0.1) is 23.1 Å². The molecule has 0 spiro atoms. The molecular formula is C39H38N2S2. The Labute approximate surface area is 263 Å². The zero-order chi connectivity index (χ0) is 29.9. The van der Waals surface area contributed by atoms with E-state index in [2.05, 4.69) is 140 Å². The summed E-state index contributed by atoms with van der Waals surface area (Å²) in [6.45, 7) is 8.44. The molecule has 0 saturated heterocycles. The van der Waals surface area contributed by atoms with Gasteiger partial charge in [0.1, 0.15) is 0 Å². The summed E-state index contributed by atoms with van der Waals surface area (Å²) in [6, 6.07) is 40.0. The van der Waals surface area contributed by atoms with E-state index < -0.39 is 0 Å². The summed E-state index contributed by atoms with van der Waals surface area (Å²) in [5.41, 5.74) is 15.1. The van der Waals surface area contributed by atoms with Gasteiger partial charge in [-0.25, -0.2) is 0 Å². The minimum atomic E-state index is 0.326. The molecule has 0 amide bonds. The number of para-hydroxylation sites is 1. The molecule has 0 aliphatic carbocycles. The van der Waals surface area contributed by atoms with Crippen LogP contribution in [0.25, 0.3) is 31.3 Å². The number of benzene rings is 5. The lowest BCUT2D eigenvalue weighted by Gasteiger charge is -2.27. The number of nitrogens with zero attached hydrogens (tertiary/aromatic N) is 1. The maximum Gasteiger partial charge on any atom is 0.0588 e. The van der Waals surface area contributed by atoms with Crippen molar-refractivity contribution >= 4 is 60.3 Å². The van der Waals surface area contributed by atoms with Crippen molar-refractivity contribution in [2.45, 2.75) is 50.3 Å². The molecule has 0 fully saturated rings. The molecule has 7 rings (SSSR count). The topological polar surface area (TPSA) is 29.3 Å². The highest BCUT2D eigenvalue weighted by molar-refractivity contribution is 7.99. The molecule has 0 bridgehead atoms. The van der Waals surface area contributed by atoms with Crippen LogP contribution in [-0.4, -0.2) is 6.04 Å². The summed E-state index contributed by atoms with van der Waals surface area (Å²) in [6.07, 6.45) is 4.50. The van der Waals surface area contributed by atoms with Gasteiger partial charge in [-0.2, -0.15) is 0 Å². The molecule has 2 N–H and O–H groups in total. The van der Waals surface area contributed by atoms with Crippen LogP contribution in [0.15, 0.2) is 126 Å². The summed E-state index contributed by atoms with van der Waals surface area (Å²) < 4.78 is 2.61. The van der Waals surface area contributed by atoms with Gasteiger partial charge < -0.3 is 10.6 Å². The van der Waals surface area contributed by atoms with Gasteiger partial charge in [0.2, 0.25) is 0 Å². The number of anilines is 3. The lowest BCUT2D eigenvalue weighted by Crippen LogP contribution is -2.27. The molecule has 5 aromatic carbocycles. The molecule has 216 valence electrons. The molecule has 0 radical (unpaired) electrons. The Kier molecular flexibility index (Phi) is 8.60. The first-order valence-corrected chi connectivity index (χ1v) is 17.0. The molecule has 2 heterocycles. The number of hydrogen-bond donors (Lipinski definition) is 1. The predicted molar refractivity (Wildman–Crippen MR) is 192 cm³/mol. The van der Waals surface area contributed by atoms with Crippen molar-refractivity contribution in [3.05, 3.63) is 132 Å². The largest absolute Gasteiger partial charge is 0.398 e. The molecule has 1 aliphatic heterocycles. The molecule has 4 heteroatoms. The number of rotatable bonds is 6. The smallest absolute Gasteiger partial charge is 0.0588 e. The Bertz CT molecular complexity index is 1880. The fourth-order valence-corrected chi connectivity index (χ4v) is 8.42. The van der Waals surface area contributed by atoms with E-state index in [0.717, 1.165) is 11.4 Å². The normalized spacial score (nSPS) is 16.0. The lowest BCUT2D eigenvalue weighted by molar-refractivity contribution is 0.696. The number of fused-ring (bicyclic) bond motifs is 4. The molecule has 1 aliphatic rings. The molecular weight excluding hydrogens is 561 g/mol. The van der Waals surface area contributed by atoms with Crippen molar-refractivity contribution in [2.75, 3.05) is 10.6 Å². The zero-order valence-corrected chi connectivity index (χ0v) is 26.9. The lowest BCUT2D eigenvalue weighted by atomic mass is 9.97. The van der Waals surface area contributed by atoms with E-state index in [1.807, 2.05) is 36.9 Å². The average molecular weight is 599 g/mol. The van der Waals surface area contributed by atoms with Crippen molar-refractivity contribution in [1.29, 1.82) is 0 Å². The molecule has 6 aromatic rings. The second kappa shape index (κ2) is 12.7. The third-order valence-electron chi connectivity index (χ3n) is 8.23. The van der Waals surface area contributed by atoms with E-state index in [4.69, 9.17) is 5.73 Å². The first kappa shape index (κ1) is 29.1. The van der Waals surface area contributed by atoms with Crippen LogP contribution in [0.5, 0.6) is 0 Å². The number of nitrogen functional groups attached to an aromatic ring is 1. The van der Waals surface area contributed by atoms with E-state index in [9.17, 15) is 0 Å². The molecule has 1 aromatic heterocycles. The predicted octanol–water partition coefficient (Wildman–Crippen LogP) is 11.8. The highest BCUT2D eigenvalue weighted by Gasteiger charge is 2.34. The maximum absolute atomic E-state index is 6.49. The highest BCUT2D eigenvalue weighted by Crippen LogP contribution is 2.46. The fraction of sp³-hybridized carbons (Fsp3) is 0.179. The quantitative estimate of drug-likeness (QED) is 0.117. The Morgan fingerprint density at radius 3 is 2.21 bits per heavy atom. The molecule has 0 saturated carbocycles. The van der Waals surface area contributed by atoms with Crippen LogP contribution in [-0.2, 0) is 5.75 Å². The first-order valence-electron chi connectivity index (χ1n) is 15.2. The molecule has 2 nitrogen and oxygen atoms in total. The number of allylic oxidation sites excluding steroid dienone is 1. The fourth-order valence-electron chi connectivity index (χ4n) is 6.14. The van der Waals surface area contributed by atoms with E-state index in [0.29, 0.717) is 12.0 Å². The summed E-state index contributed by atoms with van der Waals surface area (Å²) in [5, 5.41) is 2.59. The van der Waals surface area contributed by atoms with Crippen LogP contribution < -0.4 is 10.6 Å². The summed E-state index contributed by atoms with van der Waals surface area (Å²) in [5.74, 6) is 1.33. The summed E-state index contributed by atoms with van der Waals surface area (Å²) in [7, 11) is 0. The molecule has 43 heavy (non-hydrogen) atoms. The van der Waals surface area contributed by atoms with E-state index in [-0.39, 0.29) is 0 Å². The van der Waals surface area contributed by atoms with Gasteiger partial charge in [-0.05, 0) is 65.6 Å². The van der Waals surface area contributed by atoms with Crippen molar-refractivity contribution in [2.24, 2.45) is 0 Å². The number of thiophene rings is 1. The Balaban J connectivity index is 0.00000161. The third-order valence-corrected chi connectivity index (χ3v) is 10.6. The van der Waals surface area contributed by atoms with Gasteiger partial charge in [0.15, 0.2) is 0 Å². The van der Waals surface area contributed by atoms with Gasteiger partial charge in [-0.1, -0.05) is 106 Å². The van der Waals surface area contributed by atoms with Gasteiger partial charge in [0, 0.05) is 53.8 Å². The van der Waals surface area contributed by atoms with Crippen LogP contribution in [0.4, 0.5) is 17.1 Å². The number of nitrogens with two attached hydrogens (primary N) is 1. The SMILES string of the molecule is C/C=C\C1C(C)c2ccccc2N1c1ccc(-c2ccc(CSc3c(N)ccc4sc5ccccc5c34)cc2)cc1.CC. The Morgan fingerprint density at radius 1 is 0.791 bits per heavy atom. The van der Waals surface area contributed by atoms with Gasteiger partial charge in [0.05, 0.1) is 6.04 Å². The average Bonchev–Trinajstić information content (AvgIpc) is 3.57. The van der Waals surface area contributed by atoms with Crippen molar-refractivity contribution in [3.63, 3.8) is 0 Å². The van der Waals surface area contributed by atoms with Gasteiger partial charge >= 0.3 is 0 Å². The number of hydrogen-bond acceptors (Lipinski definition) is 4. The minimum Gasteiger partial charge on any atom is -0.398 e. The Hall–Kier alpha value is -3.99. The second-order valence-electron chi connectivity index (χ2n) is 10.7. The summed E-state index contributed by atoms with van der Waals surface area (Å²) in [4.78, 5) is 3.67. The van der Waals surface area contributed by atoms with Gasteiger partial charge in [0.25, 0.3) is 0 Å². The van der Waals surface area contributed by atoms with Gasteiger partial charge in [-0.3, -0.25) is 0 Å². The third kappa shape index (κ3) is 5.46. The highest BCUT2D eigenvalue weighted by atomic mass is 32.2. The minimum absolute atomic E-state index is 0.326. The van der Waals surface area contributed by atoms with Crippen LogP contribution in [0, 0.1) is 0 Å². The van der Waals surface area contributed by atoms with Crippen molar-refractivity contribution in [3.8, 4) is 11.1 Å². The van der Waals surface area contributed by atoms with Crippen LogP contribution >= 0.6 is 23.1 Å². The summed E-state index contributed by atoms with van der Waals surface area (Å²) >= 11 is 3.67. The van der Waals surface area contributed by atoms with E-state index in [1.165, 1.54) is 58.7 Å². The van der Waals surface area contributed by atoms with Crippen LogP contribution in [0.2, 0.25) is 0 Å². The first-order chi connectivity index (χ1) is 21.1. The van der Waals surface area contributed by atoms with Crippen LogP contribution in [0.1, 0.15) is 44.7 Å². The van der Waals surface area contributed by atoms with Crippen LogP contribution in [0.3, 0.4) is 0 Å². The van der Waals surface area contributed by atoms with Crippen molar-refractivity contribution < 1.29 is 0 Å². The maximum atomic E-state index is 6.49. The standard InChI is InChI=1S/C37H32N2S2.C2H6/c1-3-8-32-24(2)29-9-4-6-11-33(29)39(32)28-19-17-27(18-20-28)26-15-13-25(14-16-26)23-40-37-31(38)21-22-35-36(37)30-10-5-7-12-34(30)41-35;1-2/h3-22,24,32H,23,38H2,1-2H3;1-2H3/b8-3-;. The number of thioether (sulfide) groups is 1. The van der Waals surface area contributed by atoms with Crippen molar-refractivity contribution in [1.82, 2.24) is 0 Å². The Morgan fingerprint density at radius 2 is 1.47 bits per heavy atom. The molecule has 2 atom stereocenters. The zero-order valence-electron chi connectivity index (χ0n) is 25.2. The second-order valence-corrected chi connectivity index (χ2v) is 12.8. The van der Waals surface area contributed by atoms with E-state index in [1.54, 1.807) is 0 Å².